The summed E-state index contributed by atoms with van der Waals surface area (Å²) >= 11 is 0. The summed E-state index contributed by atoms with van der Waals surface area (Å²) in [4.78, 5) is 14.8. The molecular formula is C16H22N2O. The van der Waals surface area contributed by atoms with Gasteiger partial charge in [0.2, 0.25) is 5.91 Å². The van der Waals surface area contributed by atoms with Crippen LogP contribution < -0.4 is 5.32 Å². The largest absolute Gasteiger partial charge is 0.338 e. The Labute approximate surface area is 115 Å². The maximum absolute atomic E-state index is 12.7. The first-order chi connectivity index (χ1) is 9.20. The lowest BCUT2D eigenvalue weighted by molar-refractivity contribution is -0.145. The highest BCUT2D eigenvalue weighted by Gasteiger charge is 2.45. The van der Waals surface area contributed by atoms with E-state index >= 15 is 0 Å². The number of piperidine rings is 1. The lowest BCUT2D eigenvalue weighted by Gasteiger charge is -2.39. The minimum atomic E-state index is -0.0952. The molecule has 3 rings (SSSR count). The van der Waals surface area contributed by atoms with Gasteiger partial charge in [-0.15, -0.1) is 0 Å². The molecule has 3 nitrogen and oxygen atoms in total. The molecule has 1 spiro atoms. The first-order valence-electron chi connectivity index (χ1n) is 7.25. The van der Waals surface area contributed by atoms with Crippen molar-refractivity contribution >= 4 is 5.91 Å². The van der Waals surface area contributed by atoms with Crippen molar-refractivity contribution in [1.29, 1.82) is 0 Å². The fraction of sp³-hybridized carbons (Fsp3) is 0.562. The van der Waals surface area contributed by atoms with E-state index in [9.17, 15) is 4.79 Å². The number of amides is 1. The summed E-state index contributed by atoms with van der Waals surface area (Å²) in [5, 5.41) is 3.36. The smallest absolute Gasteiger partial charge is 0.230 e. The third-order valence-corrected chi connectivity index (χ3v) is 4.52. The zero-order valence-electron chi connectivity index (χ0n) is 11.6. The number of carbonyl (C=O) groups excluding carboxylic acids is 1. The number of hydrogen-bond acceptors (Lipinski definition) is 2. The van der Waals surface area contributed by atoms with E-state index in [-0.39, 0.29) is 5.41 Å². The number of aryl methyl sites for hydroxylation is 1. The van der Waals surface area contributed by atoms with E-state index < -0.39 is 0 Å². The van der Waals surface area contributed by atoms with E-state index in [1.807, 2.05) is 0 Å². The first kappa shape index (κ1) is 12.7. The minimum Gasteiger partial charge on any atom is -0.338 e. The molecule has 1 atom stereocenters. The Balaban J connectivity index is 1.76. The molecule has 1 N–H and O–H groups in total. The summed E-state index contributed by atoms with van der Waals surface area (Å²) in [5.41, 5.74) is 2.41. The Morgan fingerprint density at radius 3 is 3.00 bits per heavy atom. The first-order valence-corrected chi connectivity index (χ1v) is 7.25. The number of nitrogens with one attached hydrogen (secondary N) is 1. The molecule has 3 heteroatoms. The topological polar surface area (TPSA) is 32.3 Å². The summed E-state index contributed by atoms with van der Waals surface area (Å²) in [7, 11) is 0. The molecule has 0 unspecified atom stereocenters. The predicted molar refractivity (Wildman–Crippen MR) is 75.7 cm³/mol. The molecule has 2 heterocycles. The average molecular weight is 258 g/mol. The second-order valence-electron chi connectivity index (χ2n) is 6.03. The molecule has 2 saturated heterocycles. The van der Waals surface area contributed by atoms with Gasteiger partial charge in [-0.1, -0.05) is 29.8 Å². The highest BCUT2D eigenvalue weighted by molar-refractivity contribution is 5.84. The van der Waals surface area contributed by atoms with Crippen LogP contribution >= 0.6 is 0 Å². The van der Waals surface area contributed by atoms with Gasteiger partial charge in [0.1, 0.15) is 0 Å². The van der Waals surface area contributed by atoms with Crippen LogP contribution in [0, 0.1) is 12.3 Å². The van der Waals surface area contributed by atoms with Crippen LogP contribution in [0.15, 0.2) is 24.3 Å². The van der Waals surface area contributed by atoms with Crippen molar-refractivity contribution in [3.63, 3.8) is 0 Å². The molecule has 1 aromatic rings. The van der Waals surface area contributed by atoms with E-state index in [1.54, 1.807) is 0 Å². The van der Waals surface area contributed by atoms with Gasteiger partial charge in [0.15, 0.2) is 0 Å². The van der Waals surface area contributed by atoms with Crippen molar-refractivity contribution in [2.75, 3.05) is 19.6 Å². The highest BCUT2D eigenvalue weighted by Crippen LogP contribution is 2.37. The average Bonchev–Trinajstić information content (AvgIpc) is 2.85. The quantitative estimate of drug-likeness (QED) is 0.881. The molecule has 1 amide bonds. The SMILES string of the molecule is Cc1cccc(CN2CCC[C@]3(CCNC3)C2=O)c1. The molecule has 0 radical (unpaired) electrons. The maximum Gasteiger partial charge on any atom is 0.230 e. The highest BCUT2D eigenvalue weighted by atomic mass is 16.2. The third-order valence-electron chi connectivity index (χ3n) is 4.52. The molecule has 0 aromatic heterocycles. The zero-order valence-corrected chi connectivity index (χ0v) is 11.6. The summed E-state index contributed by atoms with van der Waals surface area (Å²) in [6.45, 7) is 5.64. The molecular weight excluding hydrogens is 236 g/mol. The van der Waals surface area contributed by atoms with E-state index in [2.05, 4.69) is 41.4 Å². The minimum absolute atomic E-state index is 0.0952. The molecule has 102 valence electrons. The Bertz CT molecular complexity index is 477. The molecule has 1 aromatic carbocycles. The van der Waals surface area contributed by atoms with Gasteiger partial charge in [0.05, 0.1) is 5.41 Å². The Morgan fingerprint density at radius 2 is 2.26 bits per heavy atom. The van der Waals surface area contributed by atoms with Crippen LogP contribution in [-0.4, -0.2) is 30.4 Å². The second kappa shape index (κ2) is 4.97. The van der Waals surface area contributed by atoms with Gasteiger partial charge in [-0.05, 0) is 38.3 Å². The van der Waals surface area contributed by atoms with Crippen LogP contribution in [0.4, 0.5) is 0 Å². The van der Waals surface area contributed by atoms with Gasteiger partial charge in [0.25, 0.3) is 0 Å². The molecule has 0 saturated carbocycles. The molecule has 19 heavy (non-hydrogen) atoms. The van der Waals surface area contributed by atoms with Crippen molar-refractivity contribution in [3.8, 4) is 0 Å². The van der Waals surface area contributed by atoms with Crippen molar-refractivity contribution in [2.24, 2.45) is 5.41 Å². The van der Waals surface area contributed by atoms with Gasteiger partial charge < -0.3 is 10.2 Å². The van der Waals surface area contributed by atoms with Crippen molar-refractivity contribution in [1.82, 2.24) is 10.2 Å². The molecule has 2 aliphatic heterocycles. The number of hydrogen-bond donors (Lipinski definition) is 1. The standard InChI is InChI=1S/C16H22N2O/c1-13-4-2-5-14(10-13)11-18-9-3-6-16(15(18)19)7-8-17-12-16/h2,4-5,10,17H,3,6-9,11-12H2,1H3/t16-/m1/s1. The van der Waals surface area contributed by atoms with Crippen molar-refractivity contribution in [2.45, 2.75) is 32.7 Å². The van der Waals surface area contributed by atoms with Gasteiger partial charge in [-0.25, -0.2) is 0 Å². The van der Waals surface area contributed by atoms with Gasteiger partial charge in [-0.2, -0.15) is 0 Å². The Kier molecular flexibility index (Phi) is 3.31. The van der Waals surface area contributed by atoms with Crippen LogP contribution in [0.1, 0.15) is 30.4 Å². The van der Waals surface area contributed by atoms with Crippen LogP contribution in [-0.2, 0) is 11.3 Å². The fourth-order valence-corrected chi connectivity index (χ4v) is 3.47. The van der Waals surface area contributed by atoms with E-state index in [0.717, 1.165) is 45.4 Å². The molecule has 2 fully saturated rings. The summed E-state index contributed by atoms with van der Waals surface area (Å²) in [6, 6.07) is 8.48. The summed E-state index contributed by atoms with van der Waals surface area (Å²) < 4.78 is 0. The maximum atomic E-state index is 12.7. The molecule has 0 bridgehead atoms. The molecule has 2 aliphatic rings. The third kappa shape index (κ3) is 2.39. The number of likely N-dealkylation sites (tertiary alicyclic amines) is 1. The monoisotopic (exact) mass is 258 g/mol. The second-order valence-corrected chi connectivity index (χ2v) is 6.03. The summed E-state index contributed by atoms with van der Waals surface area (Å²) in [6.07, 6.45) is 3.21. The zero-order chi connectivity index (χ0) is 13.3. The number of rotatable bonds is 2. The van der Waals surface area contributed by atoms with E-state index in [0.29, 0.717) is 5.91 Å². The van der Waals surface area contributed by atoms with Gasteiger partial charge in [-0.3, -0.25) is 4.79 Å². The molecule has 0 aliphatic carbocycles. The Hall–Kier alpha value is -1.35. The van der Waals surface area contributed by atoms with Crippen LogP contribution in [0.3, 0.4) is 0 Å². The van der Waals surface area contributed by atoms with Gasteiger partial charge in [0, 0.05) is 19.6 Å². The Morgan fingerprint density at radius 1 is 1.37 bits per heavy atom. The van der Waals surface area contributed by atoms with E-state index in [1.165, 1.54) is 11.1 Å². The summed E-state index contributed by atoms with van der Waals surface area (Å²) in [5.74, 6) is 0.366. The van der Waals surface area contributed by atoms with Gasteiger partial charge >= 0.3 is 0 Å². The normalized spacial score (nSPS) is 27.2. The fourth-order valence-electron chi connectivity index (χ4n) is 3.47. The van der Waals surface area contributed by atoms with Crippen molar-refractivity contribution in [3.05, 3.63) is 35.4 Å². The van der Waals surface area contributed by atoms with Crippen LogP contribution in [0.2, 0.25) is 0 Å². The predicted octanol–water partition coefficient (Wildman–Crippen LogP) is 2.10. The lowest BCUT2D eigenvalue weighted by Crippen LogP contribution is -2.49. The number of carbonyl (C=O) groups is 1. The van der Waals surface area contributed by atoms with Crippen molar-refractivity contribution < 1.29 is 4.79 Å². The lowest BCUT2D eigenvalue weighted by atomic mass is 9.78. The number of nitrogens with zero attached hydrogens (tertiary/aromatic N) is 1. The van der Waals surface area contributed by atoms with Crippen LogP contribution in [0.25, 0.3) is 0 Å². The number of benzene rings is 1. The van der Waals surface area contributed by atoms with Crippen LogP contribution in [0.5, 0.6) is 0 Å². The van der Waals surface area contributed by atoms with E-state index in [4.69, 9.17) is 0 Å².